The van der Waals surface area contributed by atoms with Crippen LogP contribution in [0.3, 0.4) is 0 Å². The molecule has 0 spiro atoms. The van der Waals surface area contributed by atoms with Crippen molar-refractivity contribution in [2.24, 2.45) is 0 Å². The van der Waals surface area contributed by atoms with E-state index < -0.39 is 0 Å². The summed E-state index contributed by atoms with van der Waals surface area (Å²) in [4.78, 5) is 0. The predicted octanol–water partition coefficient (Wildman–Crippen LogP) is 10.3. The van der Waals surface area contributed by atoms with Crippen molar-refractivity contribution in [3.63, 3.8) is 0 Å². The van der Waals surface area contributed by atoms with Crippen LogP contribution in [0.5, 0.6) is 0 Å². The molecule has 0 fully saturated rings. The Hall–Kier alpha value is -4.88. The van der Waals surface area contributed by atoms with E-state index in [0.29, 0.717) is 0 Å². The minimum Gasteiger partial charge on any atom is -0.455 e. The summed E-state index contributed by atoms with van der Waals surface area (Å²) < 4.78 is 6.51. The molecule has 0 N–H and O–H groups in total. The highest BCUT2D eigenvalue weighted by molar-refractivity contribution is 6.28. The van der Waals surface area contributed by atoms with Crippen LogP contribution >= 0.6 is 0 Å². The Kier molecular flexibility index (Phi) is 4.29. The zero-order valence-electron chi connectivity index (χ0n) is 20.1. The van der Waals surface area contributed by atoms with Gasteiger partial charge >= 0.3 is 0 Å². The number of furan rings is 1. The predicted molar refractivity (Wildman–Crippen MR) is 156 cm³/mol. The van der Waals surface area contributed by atoms with Crippen molar-refractivity contribution >= 4 is 43.3 Å². The van der Waals surface area contributed by atoms with Gasteiger partial charge in [0.25, 0.3) is 0 Å². The lowest BCUT2D eigenvalue weighted by molar-refractivity contribution is 0.632. The highest BCUT2D eigenvalue weighted by Gasteiger charge is 2.17. The second kappa shape index (κ2) is 7.81. The topological polar surface area (TPSA) is 13.1 Å². The molecule has 0 bridgehead atoms. The third-order valence-electron chi connectivity index (χ3n) is 7.64. The van der Waals surface area contributed by atoms with Crippen LogP contribution in [0, 0.1) is 0 Å². The SMILES string of the molecule is c1ccc(-c2cc3cccc(-c4ccc5ccc6c(-c7ccccc7)ccc7ccc4c5c76)c3o2)cc1. The van der Waals surface area contributed by atoms with Gasteiger partial charge in [-0.15, -0.1) is 0 Å². The molecule has 8 rings (SSSR count). The summed E-state index contributed by atoms with van der Waals surface area (Å²) in [5.41, 5.74) is 6.87. The Bertz CT molecular complexity index is 2060. The van der Waals surface area contributed by atoms with Gasteiger partial charge in [-0.25, -0.2) is 0 Å². The second-order valence-corrected chi connectivity index (χ2v) is 9.72. The minimum atomic E-state index is 0.897. The number of hydrogen-bond acceptors (Lipinski definition) is 1. The maximum atomic E-state index is 6.51. The molecule has 1 heterocycles. The fourth-order valence-corrected chi connectivity index (χ4v) is 5.93. The van der Waals surface area contributed by atoms with E-state index in [2.05, 4.69) is 115 Å². The van der Waals surface area contributed by atoms with Crippen molar-refractivity contribution in [2.45, 2.75) is 0 Å². The fraction of sp³-hybridized carbons (Fsp3) is 0. The molecule has 0 atom stereocenters. The van der Waals surface area contributed by atoms with E-state index in [1.165, 1.54) is 49.0 Å². The number of hydrogen-bond donors (Lipinski definition) is 0. The first-order chi connectivity index (χ1) is 18.3. The van der Waals surface area contributed by atoms with Crippen LogP contribution in [0.15, 0.2) is 138 Å². The van der Waals surface area contributed by atoms with E-state index >= 15 is 0 Å². The third-order valence-corrected chi connectivity index (χ3v) is 7.64. The van der Waals surface area contributed by atoms with Crippen LogP contribution in [0.1, 0.15) is 0 Å². The lowest BCUT2D eigenvalue weighted by Crippen LogP contribution is -1.89. The Morgan fingerprint density at radius 2 is 0.973 bits per heavy atom. The zero-order chi connectivity index (χ0) is 24.3. The average Bonchev–Trinajstić information content (AvgIpc) is 3.42. The molecule has 1 aromatic heterocycles. The van der Waals surface area contributed by atoms with Gasteiger partial charge in [-0.1, -0.05) is 127 Å². The van der Waals surface area contributed by atoms with Gasteiger partial charge in [-0.3, -0.25) is 0 Å². The van der Waals surface area contributed by atoms with Gasteiger partial charge in [-0.2, -0.15) is 0 Å². The van der Waals surface area contributed by atoms with Crippen molar-refractivity contribution in [1.29, 1.82) is 0 Å². The third kappa shape index (κ3) is 3.04. The molecular weight excluding hydrogens is 448 g/mol. The lowest BCUT2D eigenvalue weighted by Gasteiger charge is -2.16. The van der Waals surface area contributed by atoms with E-state index in [-0.39, 0.29) is 0 Å². The summed E-state index contributed by atoms with van der Waals surface area (Å²) in [7, 11) is 0. The standard InChI is InChI=1S/C36H22O/c1-3-8-23(9-4-1)28-18-14-25-17-21-31-29(19-15-26-16-20-30(28)34(25)35(26)31)32-13-7-12-27-22-33(37-36(27)32)24-10-5-2-6-11-24/h1-22H. The van der Waals surface area contributed by atoms with E-state index in [4.69, 9.17) is 4.42 Å². The molecule has 7 aromatic carbocycles. The molecule has 0 saturated heterocycles. The Morgan fingerprint density at radius 3 is 1.68 bits per heavy atom. The first kappa shape index (κ1) is 20.3. The van der Waals surface area contributed by atoms with E-state index in [1.54, 1.807) is 0 Å². The second-order valence-electron chi connectivity index (χ2n) is 9.72. The maximum absolute atomic E-state index is 6.51. The summed E-state index contributed by atoms with van der Waals surface area (Å²) >= 11 is 0. The highest BCUT2D eigenvalue weighted by atomic mass is 16.3. The van der Waals surface area contributed by atoms with Crippen LogP contribution in [0.4, 0.5) is 0 Å². The number of fused-ring (bicyclic) bond motifs is 1. The highest BCUT2D eigenvalue weighted by Crippen LogP contribution is 2.44. The van der Waals surface area contributed by atoms with Crippen LogP contribution in [-0.4, -0.2) is 0 Å². The Balaban J connectivity index is 1.42. The van der Waals surface area contributed by atoms with Crippen molar-refractivity contribution < 1.29 is 4.42 Å². The van der Waals surface area contributed by atoms with Gasteiger partial charge < -0.3 is 4.42 Å². The lowest BCUT2D eigenvalue weighted by atomic mass is 9.87. The summed E-state index contributed by atoms with van der Waals surface area (Å²) in [5, 5.41) is 8.85. The molecule has 172 valence electrons. The fourth-order valence-electron chi connectivity index (χ4n) is 5.93. The molecule has 0 aliphatic rings. The summed E-state index contributed by atoms with van der Waals surface area (Å²) in [5.74, 6) is 0.897. The van der Waals surface area contributed by atoms with Crippen molar-refractivity contribution in [3.8, 4) is 33.6 Å². The quantitative estimate of drug-likeness (QED) is 0.234. The van der Waals surface area contributed by atoms with E-state index in [1.807, 2.05) is 18.2 Å². The molecule has 0 aliphatic carbocycles. The normalized spacial score (nSPS) is 11.8. The Morgan fingerprint density at radius 1 is 0.378 bits per heavy atom. The van der Waals surface area contributed by atoms with Crippen LogP contribution in [0.25, 0.3) is 76.9 Å². The van der Waals surface area contributed by atoms with Gasteiger partial charge in [0.15, 0.2) is 0 Å². The van der Waals surface area contributed by atoms with Crippen LogP contribution in [0.2, 0.25) is 0 Å². The van der Waals surface area contributed by atoms with Gasteiger partial charge in [0.05, 0.1) is 0 Å². The number of para-hydroxylation sites is 1. The number of benzene rings is 7. The van der Waals surface area contributed by atoms with Gasteiger partial charge in [0, 0.05) is 16.5 Å². The molecule has 1 heteroatoms. The van der Waals surface area contributed by atoms with Gasteiger partial charge in [0.2, 0.25) is 0 Å². The first-order valence-corrected chi connectivity index (χ1v) is 12.7. The van der Waals surface area contributed by atoms with Gasteiger partial charge in [0.1, 0.15) is 11.3 Å². The summed E-state index contributed by atoms with van der Waals surface area (Å²) in [6.07, 6.45) is 0. The average molecular weight is 471 g/mol. The molecule has 0 radical (unpaired) electrons. The number of rotatable bonds is 3. The molecule has 1 nitrogen and oxygen atoms in total. The Labute approximate surface area is 214 Å². The van der Waals surface area contributed by atoms with Crippen molar-refractivity contribution in [3.05, 3.63) is 133 Å². The molecule has 8 aromatic rings. The van der Waals surface area contributed by atoms with Crippen LogP contribution in [-0.2, 0) is 0 Å². The largest absolute Gasteiger partial charge is 0.455 e. The van der Waals surface area contributed by atoms with Crippen molar-refractivity contribution in [1.82, 2.24) is 0 Å². The minimum absolute atomic E-state index is 0.897. The van der Waals surface area contributed by atoms with Gasteiger partial charge in [-0.05, 0) is 55.1 Å². The molecule has 0 aliphatic heterocycles. The monoisotopic (exact) mass is 470 g/mol. The van der Waals surface area contributed by atoms with E-state index in [9.17, 15) is 0 Å². The van der Waals surface area contributed by atoms with Crippen molar-refractivity contribution in [2.75, 3.05) is 0 Å². The summed E-state index contributed by atoms with van der Waals surface area (Å²) in [6, 6.07) is 47.7. The summed E-state index contributed by atoms with van der Waals surface area (Å²) in [6.45, 7) is 0. The molecule has 0 amide bonds. The zero-order valence-corrected chi connectivity index (χ0v) is 20.1. The first-order valence-electron chi connectivity index (χ1n) is 12.7. The van der Waals surface area contributed by atoms with Crippen LogP contribution < -0.4 is 0 Å². The molecule has 37 heavy (non-hydrogen) atoms. The maximum Gasteiger partial charge on any atom is 0.142 e. The molecule has 0 unspecified atom stereocenters. The molecule has 0 saturated carbocycles. The smallest absolute Gasteiger partial charge is 0.142 e. The van der Waals surface area contributed by atoms with E-state index in [0.717, 1.165) is 27.9 Å². The molecular formula is C36H22O.